The van der Waals surface area contributed by atoms with Crippen LogP contribution in [0.2, 0.25) is 0 Å². The predicted molar refractivity (Wildman–Crippen MR) is 60.6 cm³/mol. The quantitative estimate of drug-likeness (QED) is 0.685. The molecule has 0 heterocycles. The van der Waals surface area contributed by atoms with Crippen LogP contribution in [0.5, 0.6) is 0 Å². The lowest BCUT2D eigenvalue weighted by molar-refractivity contribution is -0.158. The Morgan fingerprint density at radius 2 is 1.40 bits per heavy atom. The van der Waals surface area contributed by atoms with Crippen molar-refractivity contribution in [3.8, 4) is 0 Å². The third kappa shape index (κ3) is 11.4. The van der Waals surface area contributed by atoms with Crippen LogP contribution in [0.15, 0.2) is 0 Å². The second kappa shape index (κ2) is 7.69. The first-order valence-corrected chi connectivity index (χ1v) is 5.78. The monoisotopic (exact) mass is 216 g/mol. The van der Waals surface area contributed by atoms with Crippen LogP contribution in [0.1, 0.15) is 59.3 Å². The number of aliphatic hydroxyl groups excluding tert-OH is 1. The van der Waals surface area contributed by atoms with Gasteiger partial charge in [-0.2, -0.15) is 0 Å². The maximum atomic E-state index is 10.4. The van der Waals surface area contributed by atoms with E-state index in [0.717, 1.165) is 0 Å². The summed E-state index contributed by atoms with van der Waals surface area (Å²) in [6.45, 7) is 4.71. The van der Waals surface area contributed by atoms with Crippen molar-refractivity contribution in [3.63, 3.8) is 0 Å². The molecule has 1 saturated carbocycles. The standard InChI is InChI=1S/C6H12O3.C6H12/c1-6(2,3)9-5(8)4-7;1-2-4-6-5-3-1/h7H,4H2,1-3H3;1-6H2. The first-order chi connectivity index (χ1) is 6.95. The van der Waals surface area contributed by atoms with Crippen LogP contribution in [0.3, 0.4) is 0 Å². The van der Waals surface area contributed by atoms with E-state index in [1.54, 1.807) is 20.8 Å². The molecule has 0 saturated heterocycles. The van der Waals surface area contributed by atoms with Gasteiger partial charge in [0.2, 0.25) is 0 Å². The minimum atomic E-state index is -0.581. The Morgan fingerprint density at radius 1 is 1.07 bits per heavy atom. The number of ether oxygens (including phenoxy) is 1. The summed E-state index contributed by atoms with van der Waals surface area (Å²) in [4.78, 5) is 10.4. The summed E-state index contributed by atoms with van der Waals surface area (Å²) in [7, 11) is 0. The molecule has 0 aromatic rings. The lowest BCUT2D eigenvalue weighted by Gasteiger charge is -2.18. The molecule has 1 aliphatic carbocycles. The van der Waals surface area contributed by atoms with Crippen LogP contribution < -0.4 is 0 Å². The Kier molecular flexibility index (Phi) is 7.39. The van der Waals surface area contributed by atoms with E-state index in [9.17, 15) is 4.79 Å². The second-order valence-corrected chi connectivity index (χ2v) is 4.87. The molecule has 1 rings (SSSR count). The lowest BCUT2D eigenvalue weighted by atomic mass is 10.0. The first-order valence-electron chi connectivity index (χ1n) is 5.78. The van der Waals surface area contributed by atoms with Crippen molar-refractivity contribution in [1.29, 1.82) is 0 Å². The molecule has 0 atom stereocenters. The molecule has 0 aliphatic heterocycles. The molecule has 3 nitrogen and oxygen atoms in total. The lowest BCUT2D eigenvalue weighted by Crippen LogP contribution is -2.25. The van der Waals surface area contributed by atoms with Gasteiger partial charge in [-0.25, -0.2) is 4.79 Å². The summed E-state index contributed by atoms with van der Waals surface area (Å²) in [5.41, 5.74) is -0.486. The fourth-order valence-electron chi connectivity index (χ4n) is 1.43. The molecule has 15 heavy (non-hydrogen) atoms. The molecule has 0 bridgehead atoms. The molecule has 1 fully saturated rings. The topological polar surface area (TPSA) is 46.5 Å². The average molecular weight is 216 g/mol. The largest absolute Gasteiger partial charge is 0.458 e. The Labute approximate surface area is 92.8 Å². The number of carbonyl (C=O) groups is 1. The van der Waals surface area contributed by atoms with E-state index >= 15 is 0 Å². The fraction of sp³-hybridized carbons (Fsp3) is 0.917. The summed E-state index contributed by atoms with van der Waals surface area (Å²) < 4.78 is 4.70. The number of hydrogen-bond donors (Lipinski definition) is 1. The Balaban J connectivity index is 0.000000280. The molecule has 0 amide bonds. The minimum absolute atomic E-state index is 0.486. The zero-order chi connectivity index (χ0) is 11.7. The Bertz CT molecular complexity index is 155. The Hall–Kier alpha value is -0.570. The SMILES string of the molecule is C1CCCCC1.CC(C)(C)OC(=O)CO. The highest BCUT2D eigenvalue weighted by Crippen LogP contribution is 2.15. The van der Waals surface area contributed by atoms with Crippen molar-refractivity contribution in [3.05, 3.63) is 0 Å². The van der Waals surface area contributed by atoms with Crippen molar-refractivity contribution in [1.82, 2.24) is 0 Å². The third-order valence-corrected chi connectivity index (χ3v) is 2.05. The molecule has 0 radical (unpaired) electrons. The summed E-state index contributed by atoms with van der Waals surface area (Å²) >= 11 is 0. The van der Waals surface area contributed by atoms with Crippen molar-refractivity contribution < 1.29 is 14.6 Å². The van der Waals surface area contributed by atoms with Gasteiger partial charge in [0.1, 0.15) is 12.2 Å². The molecule has 0 spiro atoms. The summed E-state index contributed by atoms with van der Waals surface area (Å²) in [6, 6.07) is 0. The smallest absolute Gasteiger partial charge is 0.332 e. The molecule has 0 aromatic heterocycles. The highest BCUT2D eigenvalue weighted by atomic mass is 16.6. The zero-order valence-electron chi connectivity index (χ0n) is 10.2. The number of esters is 1. The van der Waals surface area contributed by atoms with Gasteiger partial charge in [0.15, 0.2) is 0 Å². The number of aliphatic hydroxyl groups is 1. The van der Waals surface area contributed by atoms with Crippen LogP contribution in [0.4, 0.5) is 0 Å². The molecule has 90 valence electrons. The number of hydrogen-bond acceptors (Lipinski definition) is 3. The molecular weight excluding hydrogens is 192 g/mol. The van der Waals surface area contributed by atoms with E-state index in [2.05, 4.69) is 0 Å². The van der Waals surface area contributed by atoms with Crippen molar-refractivity contribution in [2.24, 2.45) is 0 Å². The van der Waals surface area contributed by atoms with Gasteiger partial charge < -0.3 is 9.84 Å². The van der Waals surface area contributed by atoms with Crippen LogP contribution in [-0.4, -0.2) is 23.3 Å². The zero-order valence-corrected chi connectivity index (χ0v) is 10.2. The van der Waals surface area contributed by atoms with Gasteiger partial charge in [0, 0.05) is 0 Å². The number of carbonyl (C=O) groups excluding carboxylic acids is 1. The summed E-state index contributed by atoms with van der Waals surface area (Å²) in [5, 5.41) is 8.22. The maximum Gasteiger partial charge on any atom is 0.332 e. The fourth-order valence-corrected chi connectivity index (χ4v) is 1.43. The predicted octanol–water partition coefficient (Wildman–Crippen LogP) is 2.66. The molecule has 0 unspecified atom stereocenters. The Morgan fingerprint density at radius 3 is 1.53 bits per heavy atom. The van der Waals surface area contributed by atoms with E-state index in [4.69, 9.17) is 9.84 Å². The second-order valence-electron chi connectivity index (χ2n) is 4.87. The normalized spacial score (nSPS) is 16.3. The van der Waals surface area contributed by atoms with E-state index in [-0.39, 0.29) is 0 Å². The minimum Gasteiger partial charge on any atom is -0.458 e. The summed E-state index contributed by atoms with van der Waals surface area (Å²) in [6.07, 6.45) is 9.00. The van der Waals surface area contributed by atoms with Gasteiger partial charge in [0.25, 0.3) is 0 Å². The van der Waals surface area contributed by atoms with Gasteiger partial charge >= 0.3 is 5.97 Å². The molecule has 0 aromatic carbocycles. The van der Waals surface area contributed by atoms with E-state index in [0.29, 0.717) is 0 Å². The van der Waals surface area contributed by atoms with Crippen LogP contribution >= 0.6 is 0 Å². The van der Waals surface area contributed by atoms with Gasteiger partial charge in [0.05, 0.1) is 0 Å². The summed E-state index contributed by atoms with van der Waals surface area (Å²) in [5.74, 6) is -0.581. The first kappa shape index (κ1) is 14.4. The van der Waals surface area contributed by atoms with Gasteiger partial charge in [-0.1, -0.05) is 38.5 Å². The van der Waals surface area contributed by atoms with Gasteiger partial charge in [-0.05, 0) is 20.8 Å². The van der Waals surface area contributed by atoms with E-state index in [1.807, 2.05) is 0 Å². The van der Waals surface area contributed by atoms with Crippen LogP contribution in [0.25, 0.3) is 0 Å². The van der Waals surface area contributed by atoms with Crippen molar-refractivity contribution in [2.45, 2.75) is 64.9 Å². The van der Waals surface area contributed by atoms with Gasteiger partial charge in [-0.3, -0.25) is 0 Å². The van der Waals surface area contributed by atoms with Gasteiger partial charge in [-0.15, -0.1) is 0 Å². The van der Waals surface area contributed by atoms with Crippen molar-refractivity contribution in [2.75, 3.05) is 6.61 Å². The van der Waals surface area contributed by atoms with Crippen LogP contribution in [0, 0.1) is 0 Å². The highest BCUT2D eigenvalue weighted by molar-refractivity contribution is 5.70. The van der Waals surface area contributed by atoms with Crippen molar-refractivity contribution >= 4 is 5.97 Å². The molecule has 3 heteroatoms. The highest BCUT2D eigenvalue weighted by Gasteiger charge is 2.14. The van der Waals surface area contributed by atoms with E-state index < -0.39 is 18.2 Å². The van der Waals surface area contributed by atoms with Crippen LogP contribution in [-0.2, 0) is 9.53 Å². The maximum absolute atomic E-state index is 10.4. The average Bonchev–Trinajstić information content (AvgIpc) is 2.19. The third-order valence-electron chi connectivity index (χ3n) is 2.05. The molecular formula is C12H24O3. The molecule has 1 aliphatic rings. The van der Waals surface area contributed by atoms with E-state index in [1.165, 1.54) is 38.5 Å². The molecule has 1 N–H and O–H groups in total. The number of rotatable bonds is 1.